The molecule has 4 aromatic rings. The minimum Gasteiger partial charge on any atom is -0.394 e. The van der Waals surface area contributed by atoms with Gasteiger partial charge in [-0.05, 0) is 132 Å². The quantitative estimate of drug-likeness (QED) is 0.0816. The maximum absolute atomic E-state index is 11.9. The van der Waals surface area contributed by atoms with Gasteiger partial charge in [0.15, 0.2) is 5.22 Å². The van der Waals surface area contributed by atoms with Gasteiger partial charge in [-0.25, -0.2) is 4.98 Å². The number of hydrogen-bond acceptors (Lipinski definition) is 9. The summed E-state index contributed by atoms with van der Waals surface area (Å²) in [5.74, 6) is 43.4. The van der Waals surface area contributed by atoms with E-state index in [0.29, 0.717) is 0 Å². The van der Waals surface area contributed by atoms with Crippen molar-refractivity contribution in [3.05, 3.63) is 62.6 Å². The number of fused-ring (bicyclic) bond motifs is 1. The molecule has 1 aromatic carbocycles. The Morgan fingerprint density at radius 3 is 1.90 bits per heavy atom. The Balaban J connectivity index is -0.000000182. The number of aromatic nitrogens is 4. The molecule has 0 aliphatic carbocycles. The van der Waals surface area contributed by atoms with Gasteiger partial charge in [0.05, 0.1) is 39.0 Å². The highest BCUT2D eigenvalue weighted by Crippen LogP contribution is 2.35. The van der Waals surface area contributed by atoms with Crippen LogP contribution in [0.2, 0.25) is 0 Å². The number of hydrazine groups is 1. The molecule has 0 aliphatic heterocycles. The lowest BCUT2D eigenvalue weighted by molar-refractivity contribution is -0.546. The Morgan fingerprint density at radius 1 is 0.940 bits per heavy atom. The van der Waals surface area contributed by atoms with Crippen molar-refractivity contribution in [3.8, 4) is 130 Å². The van der Waals surface area contributed by atoms with E-state index in [1.54, 1.807) is 25.6 Å². The molecule has 6 N–H and O–H groups in total. The second-order valence-electron chi connectivity index (χ2n) is 8.73. The molecule has 14 nitrogen and oxygen atoms in total. The zero-order valence-electron chi connectivity index (χ0n) is 26.5. The van der Waals surface area contributed by atoms with Gasteiger partial charge in [0, 0.05) is 45.5 Å². The Hall–Kier alpha value is -8.71. The van der Waals surface area contributed by atoms with Crippen molar-refractivity contribution in [1.82, 2.24) is 25.2 Å². The summed E-state index contributed by atoms with van der Waals surface area (Å²) in [7, 11) is 1.68. The molecule has 0 atom stereocenters. The van der Waals surface area contributed by atoms with Crippen molar-refractivity contribution in [2.24, 2.45) is 23.3 Å². The van der Waals surface area contributed by atoms with Crippen molar-refractivity contribution in [2.75, 3.05) is 5.73 Å². The summed E-state index contributed by atoms with van der Waals surface area (Å²) in [5.41, 5.74) is 13.4. The zero-order valence-corrected chi connectivity index (χ0v) is 26.5. The van der Waals surface area contributed by atoms with Gasteiger partial charge in [0.25, 0.3) is 5.56 Å². The van der Waals surface area contributed by atoms with E-state index in [1.807, 2.05) is 26.0 Å². The van der Waals surface area contributed by atoms with E-state index < -0.39 is 5.03 Å². The smallest absolute Gasteiger partial charge is 0.273 e. The molecule has 0 amide bonds. The number of terminal acetylenes is 2. The van der Waals surface area contributed by atoms with Crippen LogP contribution in [-0.4, -0.2) is 24.7 Å². The fourth-order valence-corrected chi connectivity index (χ4v) is 3.70. The summed E-state index contributed by atoms with van der Waals surface area (Å²) < 4.78 is 6.78. The number of imidazole rings is 1. The van der Waals surface area contributed by atoms with E-state index in [9.17, 15) is 14.9 Å². The molecular formula is C36H36N10O4. The average Bonchev–Trinajstić information content (AvgIpc) is 3.71. The van der Waals surface area contributed by atoms with Crippen molar-refractivity contribution in [2.45, 2.75) is 13.8 Å². The number of rotatable bonds is 4. The van der Waals surface area contributed by atoms with Gasteiger partial charge >= 0.3 is 0 Å². The third kappa shape index (κ3) is 12.0. The topological polar surface area (TPSA) is 209 Å². The number of H-pyrrole nitrogens is 1. The van der Waals surface area contributed by atoms with E-state index in [4.69, 9.17) is 23.1 Å². The van der Waals surface area contributed by atoms with Crippen LogP contribution in [0.25, 0.3) is 33.3 Å². The number of benzene rings is 1. The van der Waals surface area contributed by atoms with Gasteiger partial charge in [0.1, 0.15) is 5.76 Å². The first-order valence-corrected chi connectivity index (χ1v) is 13.4. The lowest BCUT2D eigenvalue weighted by atomic mass is 9.97. The largest absolute Gasteiger partial charge is 0.394 e. The monoisotopic (exact) mass is 672 g/mol. The molecule has 0 fully saturated rings. The number of nitrogens with zero attached hydrogens (tertiary/aromatic N) is 6. The molecule has 14 heteroatoms. The molecule has 50 heavy (non-hydrogen) atoms. The van der Waals surface area contributed by atoms with Crippen LogP contribution in [0.4, 0.5) is 5.69 Å². The summed E-state index contributed by atoms with van der Waals surface area (Å²) >= 11 is 0. The Bertz CT molecular complexity index is 2460. The van der Waals surface area contributed by atoms with Gasteiger partial charge in [-0.15, -0.1) is 12.8 Å². The maximum Gasteiger partial charge on any atom is 0.273 e. The predicted octanol–water partition coefficient (Wildman–Crippen LogP) is 3.79. The number of nitro groups is 1. The van der Waals surface area contributed by atoms with Gasteiger partial charge in [-0.3, -0.25) is 10.6 Å². The number of nitrogen functional groups attached to an aromatic ring is 1. The number of aromatic amines is 1. The molecule has 0 saturated carbocycles. The fourth-order valence-electron chi connectivity index (χ4n) is 3.70. The third-order valence-corrected chi connectivity index (χ3v) is 5.51. The van der Waals surface area contributed by atoms with Crippen molar-refractivity contribution in [3.63, 3.8) is 0 Å². The summed E-state index contributed by atoms with van der Waals surface area (Å²) in [6.45, 7) is 3.79. The summed E-state index contributed by atoms with van der Waals surface area (Å²) in [6.07, 6.45) is 13.2. The molecule has 0 bridgehead atoms. The van der Waals surface area contributed by atoms with Gasteiger partial charge in [-0.1, -0.05) is 5.16 Å². The Kier molecular flexibility index (Phi) is 15.2. The second-order valence-corrected chi connectivity index (χ2v) is 8.73. The minimum atomic E-state index is -0.879. The van der Waals surface area contributed by atoms with E-state index in [1.165, 1.54) is 10.1 Å². The van der Waals surface area contributed by atoms with Gasteiger partial charge < -0.3 is 29.9 Å². The molecule has 0 saturated heterocycles. The van der Waals surface area contributed by atoms with E-state index in [0.717, 1.165) is 44.7 Å². The van der Waals surface area contributed by atoms with Crippen LogP contribution < -0.4 is 22.7 Å². The van der Waals surface area contributed by atoms with Crippen molar-refractivity contribution >= 4 is 16.7 Å². The van der Waals surface area contributed by atoms with Crippen molar-refractivity contribution < 1.29 is 19.5 Å². The standard InChI is InChI=1S/C18H17N5O2.C18H2.H3N5O2.7H2/c1-9-16(10(2)25-22-9)11-4-13(17-15(6-11)20-8-21-17)12-5-14(19)18(24)23(3)7-12;1-3-5-7-9-11-13-15-17-18-16-14-12-10-8-6-4-2;1-2-3-4-5(6)7;;;;;;;/h4-8H,19H2,1-3H3,(H,20,21);1-2H;(H2,1,3)(H,2,4);7*1H. The summed E-state index contributed by atoms with van der Waals surface area (Å²) in [5, 5.41) is 17.6. The number of nitrogens with one attached hydrogen (secondary N) is 2. The normalized spacial score (nSPS) is 8.26. The molecule has 254 valence electrons. The molecular weight excluding hydrogens is 636 g/mol. The third-order valence-electron chi connectivity index (χ3n) is 5.51. The SMILES string of the molecule is C#CC#CC#CC#CC#CC#CC#CC#CC#C.Cc1noc(C)c1-c1cc(-c2cc(N)c(=O)n(C)c2)c2nc[nH]c2c1.NN=NN[N+](=O)[O-].[HH].[HH].[HH].[HH].[HH].[HH].[HH]. The van der Waals surface area contributed by atoms with Crippen LogP contribution in [0.1, 0.15) is 21.4 Å². The maximum atomic E-state index is 11.9. The Morgan fingerprint density at radius 2 is 1.48 bits per heavy atom. The molecule has 0 spiro atoms. The second kappa shape index (κ2) is 20.3. The number of aryl methyl sites for hydroxylation is 3. The van der Waals surface area contributed by atoms with Crippen molar-refractivity contribution in [1.29, 1.82) is 0 Å². The zero-order chi connectivity index (χ0) is 36.7. The molecule has 0 aliphatic rings. The van der Waals surface area contributed by atoms with Crippen LogP contribution in [0.15, 0.2) is 50.5 Å². The number of nitrogens with two attached hydrogens (primary N) is 2. The summed E-state index contributed by atoms with van der Waals surface area (Å²) in [6, 6.07) is 5.72. The predicted molar refractivity (Wildman–Crippen MR) is 202 cm³/mol. The number of pyridine rings is 1. The first-order chi connectivity index (χ1) is 24.1. The van der Waals surface area contributed by atoms with E-state index in [2.05, 4.69) is 126 Å². The van der Waals surface area contributed by atoms with Crippen LogP contribution in [0.3, 0.4) is 0 Å². The molecule has 3 heterocycles. The minimum absolute atomic E-state index is 0. The average molecular weight is 673 g/mol. The lowest BCUT2D eigenvalue weighted by Gasteiger charge is -2.10. The summed E-state index contributed by atoms with van der Waals surface area (Å²) in [4.78, 5) is 28.7. The Labute approximate surface area is 297 Å². The van der Waals surface area contributed by atoms with Crippen LogP contribution in [0, 0.1) is 132 Å². The van der Waals surface area contributed by atoms with E-state index in [-0.39, 0.29) is 21.2 Å². The van der Waals surface area contributed by atoms with E-state index >= 15 is 0 Å². The van der Waals surface area contributed by atoms with Gasteiger partial charge in [0.2, 0.25) is 0 Å². The van der Waals surface area contributed by atoms with Crippen LogP contribution in [-0.2, 0) is 7.05 Å². The molecule has 0 radical (unpaired) electrons. The van der Waals surface area contributed by atoms with Crippen LogP contribution in [0.5, 0.6) is 0 Å². The molecule has 4 rings (SSSR count). The fraction of sp³-hybridized carbons (Fsp3) is 0.0833. The molecule has 3 aromatic heterocycles. The first-order valence-electron chi connectivity index (χ1n) is 13.4. The van der Waals surface area contributed by atoms with Crippen LogP contribution >= 0.6 is 0 Å². The molecule has 0 unspecified atom stereocenters. The van der Waals surface area contributed by atoms with Gasteiger partial charge in [-0.2, -0.15) is 0 Å². The highest BCUT2D eigenvalue weighted by atomic mass is 16.7. The number of anilines is 1. The highest BCUT2D eigenvalue weighted by molar-refractivity contribution is 5.96. The highest BCUT2D eigenvalue weighted by Gasteiger charge is 2.16. The number of hydrogen-bond donors (Lipinski definition) is 4. The lowest BCUT2D eigenvalue weighted by Crippen LogP contribution is -2.19. The first kappa shape index (κ1) is 37.5.